The van der Waals surface area contributed by atoms with Crippen molar-refractivity contribution in [2.75, 3.05) is 31.1 Å². The van der Waals surface area contributed by atoms with Crippen molar-refractivity contribution in [1.29, 1.82) is 0 Å². The summed E-state index contributed by atoms with van der Waals surface area (Å²) in [5.74, 6) is -0.635. The van der Waals surface area contributed by atoms with Gasteiger partial charge < -0.3 is 19.3 Å². The van der Waals surface area contributed by atoms with Crippen molar-refractivity contribution < 1.29 is 23.9 Å². The third-order valence-corrected chi connectivity index (χ3v) is 6.23. The van der Waals surface area contributed by atoms with Crippen molar-refractivity contribution in [2.45, 2.75) is 70.2 Å². The van der Waals surface area contributed by atoms with E-state index in [0.29, 0.717) is 25.9 Å². The van der Waals surface area contributed by atoms with Crippen LogP contribution >= 0.6 is 0 Å². The Bertz CT molecular complexity index is 849. The van der Waals surface area contributed by atoms with E-state index < -0.39 is 5.60 Å². The van der Waals surface area contributed by atoms with Crippen LogP contribution in [0.1, 0.15) is 57.9 Å². The number of hydrogen-bond acceptors (Lipinski definition) is 6. The van der Waals surface area contributed by atoms with Gasteiger partial charge in [0.05, 0.1) is 31.2 Å². The van der Waals surface area contributed by atoms with Crippen molar-refractivity contribution >= 4 is 23.6 Å². The molecule has 0 aromatic heterocycles. The molecule has 1 aromatic carbocycles. The van der Waals surface area contributed by atoms with Crippen molar-refractivity contribution in [2.24, 2.45) is 0 Å². The Kier molecular flexibility index (Phi) is 6.42. The van der Waals surface area contributed by atoms with Gasteiger partial charge in [0, 0.05) is 25.2 Å². The van der Waals surface area contributed by atoms with Crippen molar-refractivity contribution in [3.63, 3.8) is 0 Å². The zero-order valence-electron chi connectivity index (χ0n) is 19.1. The Hall–Kier alpha value is -2.61. The number of piperidine rings is 2. The molecule has 8 heteroatoms. The summed E-state index contributed by atoms with van der Waals surface area (Å²) >= 11 is 0. The van der Waals surface area contributed by atoms with Crippen LogP contribution in [0.3, 0.4) is 0 Å². The first-order valence-corrected chi connectivity index (χ1v) is 11.5. The fourth-order valence-electron chi connectivity index (χ4n) is 4.45. The fourth-order valence-corrected chi connectivity index (χ4v) is 4.45. The Labute approximate surface area is 189 Å². The maximum absolute atomic E-state index is 12.1. The first kappa shape index (κ1) is 22.6. The minimum atomic E-state index is -0.476. The molecule has 0 bridgehead atoms. The average molecular weight is 444 g/mol. The number of likely N-dealkylation sites (tertiary alicyclic amines) is 1. The molecule has 1 unspecified atom stereocenters. The summed E-state index contributed by atoms with van der Waals surface area (Å²) in [7, 11) is 0. The number of nitrogens with one attached hydrogen (secondary N) is 1. The number of carbonyl (C=O) groups excluding carboxylic acids is 3. The summed E-state index contributed by atoms with van der Waals surface area (Å²) < 4.78 is 11.6. The summed E-state index contributed by atoms with van der Waals surface area (Å²) in [5, 5.41) is 2.42. The molecular formula is C24H33N3O5. The molecule has 1 aromatic rings. The lowest BCUT2D eigenvalue weighted by Crippen LogP contribution is -2.57. The maximum Gasteiger partial charge on any atom is 0.410 e. The Morgan fingerprint density at radius 1 is 1.00 bits per heavy atom. The summed E-state index contributed by atoms with van der Waals surface area (Å²) in [6.07, 6.45) is 2.87. The molecule has 3 fully saturated rings. The van der Waals surface area contributed by atoms with E-state index >= 15 is 0 Å². The molecule has 3 amide bonds. The van der Waals surface area contributed by atoms with Crippen LogP contribution in [0.5, 0.6) is 0 Å². The largest absolute Gasteiger partial charge is 0.444 e. The van der Waals surface area contributed by atoms with Crippen LogP contribution in [0.25, 0.3) is 0 Å². The van der Waals surface area contributed by atoms with Gasteiger partial charge in [-0.2, -0.15) is 0 Å². The zero-order chi connectivity index (χ0) is 22.9. The van der Waals surface area contributed by atoms with E-state index in [0.717, 1.165) is 37.2 Å². The lowest BCUT2D eigenvalue weighted by atomic mass is 9.90. The van der Waals surface area contributed by atoms with E-state index in [9.17, 15) is 14.4 Å². The first-order valence-electron chi connectivity index (χ1n) is 11.5. The predicted molar refractivity (Wildman–Crippen MR) is 119 cm³/mol. The number of amides is 3. The summed E-state index contributed by atoms with van der Waals surface area (Å²) in [5.41, 5.74) is 1.62. The van der Waals surface area contributed by atoms with Gasteiger partial charge in [0.1, 0.15) is 5.60 Å². The molecule has 4 rings (SSSR count). The lowest BCUT2D eigenvalue weighted by Gasteiger charge is -2.42. The van der Waals surface area contributed by atoms with Crippen LogP contribution in [-0.4, -0.2) is 66.8 Å². The molecule has 1 N–H and O–H groups in total. The van der Waals surface area contributed by atoms with E-state index in [-0.39, 0.29) is 36.0 Å². The van der Waals surface area contributed by atoms with Gasteiger partial charge in [-0.15, -0.1) is 0 Å². The van der Waals surface area contributed by atoms with Crippen LogP contribution < -0.4 is 10.2 Å². The predicted octanol–water partition coefficient (Wildman–Crippen LogP) is 2.81. The number of benzene rings is 1. The minimum absolute atomic E-state index is 0.0897. The second-order valence-corrected chi connectivity index (χ2v) is 9.93. The zero-order valence-corrected chi connectivity index (χ0v) is 19.1. The monoisotopic (exact) mass is 443 g/mol. The van der Waals surface area contributed by atoms with Gasteiger partial charge in [-0.1, -0.05) is 12.1 Å². The summed E-state index contributed by atoms with van der Waals surface area (Å²) in [4.78, 5) is 39.5. The van der Waals surface area contributed by atoms with E-state index in [1.165, 1.54) is 0 Å². The molecule has 3 heterocycles. The van der Waals surface area contributed by atoms with Gasteiger partial charge in [0.15, 0.2) is 0 Å². The van der Waals surface area contributed by atoms with Gasteiger partial charge in [0.25, 0.3) is 0 Å². The van der Waals surface area contributed by atoms with Crippen LogP contribution in [0.4, 0.5) is 10.5 Å². The number of hydrogen-bond donors (Lipinski definition) is 1. The third-order valence-electron chi connectivity index (χ3n) is 6.23. The van der Waals surface area contributed by atoms with Gasteiger partial charge in [-0.05, 0) is 57.7 Å². The van der Waals surface area contributed by atoms with E-state index in [2.05, 4.69) is 22.3 Å². The number of anilines is 1. The van der Waals surface area contributed by atoms with Crippen molar-refractivity contribution in [3.8, 4) is 0 Å². The van der Waals surface area contributed by atoms with Gasteiger partial charge >= 0.3 is 6.09 Å². The normalized spacial score (nSPS) is 23.0. The van der Waals surface area contributed by atoms with Crippen LogP contribution in [0.15, 0.2) is 24.3 Å². The first-order chi connectivity index (χ1) is 15.2. The molecule has 0 radical (unpaired) electrons. The minimum Gasteiger partial charge on any atom is -0.444 e. The van der Waals surface area contributed by atoms with Gasteiger partial charge in [-0.25, -0.2) is 4.79 Å². The number of carbonyl (C=O) groups is 3. The average Bonchev–Trinajstić information content (AvgIpc) is 2.70. The van der Waals surface area contributed by atoms with Gasteiger partial charge in [0.2, 0.25) is 11.8 Å². The number of rotatable bonds is 4. The number of nitrogens with zero attached hydrogens (tertiary/aromatic N) is 2. The molecule has 3 aliphatic rings. The standard InChI is InChI=1S/C24H33N3O5/c1-24(2,3)32-23(30)27-14-19(15-27)31-18-10-12-26(13-11-18)17-6-4-16(5-7-17)20-8-9-21(28)25-22(20)29/h4-7,18-20H,8-15H2,1-3H3,(H,25,28,29). The second kappa shape index (κ2) is 9.10. The molecular weight excluding hydrogens is 410 g/mol. The Morgan fingerprint density at radius 2 is 1.66 bits per heavy atom. The third kappa shape index (κ3) is 5.41. The molecule has 3 saturated heterocycles. The quantitative estimate of drug-likeness (QED) is 0.720. The van der Waals surface area contributed by atoms with E-state index in [1.807, 2.05) is 32.9 Å². The summed E-state index contributed by atoms with van der Waals surface area (Å²) in [6.45, 7) is 8.61. The molecule has 3 aliphatic heterocycles. The summed E-state index contributed by atoms with van der Waals surface area (Å²) in [6, 6.07) is 8.12. The van der Waals surface area contributed by atoms with E-state index in [1.54, 1.807) is 4.90 Å². The van der Waals surface area contributed by atoms with Gasteiger partial charge in [-0.3, -0.25) is 14.9 Å². The maximum atomic E-state index is 12.1. The second-order valence-electron chi connectivity index (χ2n) is 9.93. The van der Waals surface area contributed by atoms with Crippen LogP contribution in [0.2, 0.25) is 0 Å². The van der Waals surface area contributed by atoms with Crippen LogP contribution in [-0.2, 0) is 19.1 Å². The molecule has 32 heavy (non-hydrogen) atoms. The van der Waals surface area contributed by atoms with Crippen LogP contribution in [0, 0.1) is 0 Å². The highest BCUT2D eigenvalue weighted by Gasteiger charge is 2.36. The number of imide groups is 1. The SMILES string of the molecule is CC(C)(C)OC(=O)N1CC(OC2CCN(c3ccc(C4CCC(=O)NC4=O)cc3)CC2)C1. The molecule has 8 nitrogen and oxygen atoms in total. The molecule has 0 aliphatic carbocycles. The Balaban J connectivity index is 1.20. The fraction of sp³-hybridized carbons (Fsp3) is 0.625. The number of ether oxygens (including phenoxy) is 2. The molecule has 0 saturated carbocycles. The smallest absolute Gasteiger partial charge is 0.410 e. The highest BCUT2D eigenvalue weighted by Crippen LogP contribution is 2.29. The topological polar surface area (TPSA) is 88.2 Å². The van der Waals surface area contributed by atoms with E-state index in [4.69, 9.17) is 9.47 Å². The Morgan fingerprint density at radius 3 is 2.25 bits per heavy atom. The van der Waals surface area contributed by atoms with Crippen molar-refractivity contribution in [1.82, 2.24) is 10.2 Å². The molecule has 0 spiro atoms. The molecule has 174 valence electrons. The van der Waals surface area contributed by atoms with Crippen molar-refractivity contribution in [3.05, 3.63) is 29.8 Å². The molecule has 1 atom stereocenters. The highest BCUT2D eigenvalue weighted by molar-refractivity contribution is 6.00. The highest BCUT2D eigenvalue weighted by atomic mass is 16.6. The lowest BCUT2D eigenvalue weighted by molar-refractivity contribution is -0.134.